The largest absolute Gasteiger partial charge is 0.145 e. The number of rotatable bonds is 2. The highest BCUT2D eigenvalue weighted by molar-refractivity contribution is 7.12. The fourth-order valence-electron chi connectivity index (χ4n) is 1.02. The van der Waals surface area contributed by atoms with Gasteiger partial charge in [-0.1, -0.05) is 0 Å². The van der Waals surface area contributed by atoms with Gasteiger partial charge in [0.15, 0.2) is 0 Å². The average molecular weight is 175 g/mol. The number of thiophene rings is 1. The first-order chi connectivity index (χ1) is 4.74. The fourth-order valence-corrected chi connectivity index (χ4v) is 2.37. The van der Waals surface area contributed by atoms with Crippen molar-refractivity contribution in [1.29, 1.82) is 0 Å². The van der Waals surface area contributed by atoms with Gasteiger partial charge in [-0.15, -0.1) is 22.9 Å². The minimum Gasteiger partial charge on any atom is -0.145 e. The quantitative estimate of drug-likeness (QED) is 0.605. The molecule has 10 heavy (non-hydrogen) atoms. The van der Waals surface area contributed by atoms with Crippen LogP contribution in [0.4, 0.5) is 0 Å². The van der Waals surface area contributed by atoms with Crippen molar-refractivity contribution in [3.05, 3.63) is 21.4 Å². The van der Waals surface area contributed by atoms with Gasteiger partial charge in [-0.25, -0.2) is 0 Å². The van der Waals surface area contributed by atoms with Crippen molar-refractivity contribution in [3.8, 4) is 0 Å². The van der Waals surface area contributed by atoms with Crippen molar-refractivity contribution in [1.82, 2.24) is 0 Å². The second-order valence-corrected chi connectivity index (χ2v) is 4.12. The third kappa shape index (κ3) is 1.74. The molecule has 0 aliphatic heterocycles. The molecule has 0 saturated heterocycles. The summed E-state index contributed by atoms with van der Waals surface area (Å²) in [5, 5.41) is 0. The van der Waals surface area contributed by atoms with Crippen LogP contribution in [-0.2, 0) is 6.42 Å². The Balaban J connectivity index is 2.81. The van der Waals surface area contributed by atoms with E-state index < -0.39 is 0 Å². The van der Waals surface area contributed by atoms with Crippen molar-refractivity contribution < 1.29 is 0 Å². The summed E-state index contributed by atoms with van der Waals surface area (Å²) >= 11 is 7.48. The molecule has 56 valence electrons. The topological polar surface area (TPSA) is 0 Å². The van der Waals surface area contributed by atoms with E-state index in [0.717, 1.165) is 12.3 Å². The lowest BCUT2D eigenvalue weighted by Gasteiger charge is -1.91. The Hall–Kier alpha value is -0.0100. The number of aryl methyl sites for hydroxylation is 3. The van der Waals surface area contributed by atoms with Crippen LogP contribution in [0.15, 0.2) is 6.07 Å². The zero-order valence-corrected chi connectivity index (χ0v) is 7.85. The number of hydrogen-bond donors (Lipinski definition) is 0. The SMILES string of the molecule is Cc1cc(C)c(CCCl)s1. The second-order valence-electron chi connectivity index (χ2n) is 2.40. The van der Waals surface area contributed by atoms with Gasteiger partial charge in [-0.2, -0.15) is 0 Å². The zero-order chi connectivity index (χ0) is 7.56. The molecule has 1 rings (SSSR count). The molecule has 0 unspecified atom stereocenters. The van der Waals surface area contributed by atoms with E-state index in [4.69, 9.17) is 11.6 Å². The highest BCUT2D eigenvalue weighted by Gasteiger charge is 2.00. The van der Waals surface area contributed by atoms with Crippen LogP contribution in [0.5, 0.6) is 0 Å². The third-order valence-corrected chi connectivity index (χ3v) is 2.87. The van der Waals surface area contributed by atoms with Gasteiger partial charge < -0.3 is 0 Å². The summed E-state index contributed by atoms with van der Waals surface area (Å²) < 4.78 is 0. The predicted molar refractivity (Wildman–Crippen MR) is 48.2 cm³/mol. The van der Waals surface area contributed by atoms with Crippen LogP contribution in [0.2, 0.25) is 0 Å². The van der Waals surface area contributed by atoms with Crippen LogP contribution in [0.3, 0.4) is 0 Å². The molecule has 0 aliphatic carbocycles. The van der Waals surface area contributed by atoms with E-state index in [2.05, 4.69) is 19.9 Å². The predicted octanol–water partition coefficient (Wildman–Crippen LogP) is 3.15. The number of halogens is 1. The lowest BCUT2D eigenvalue weighted by atomic mass is 10.2. The molecular formula is C8H11ClS. The Labute approximate surface area is 70.8 Å². The van der Waals surface area contributed by atoms with Gasteiger partial charge in [0.2, 0.25) is 0 Å². The van der Waals surface area contributed by atoms with E-state index in [-0.39, 0.29) is 0 Å². The molecule has 0 aromatic carbocycles. The molecule has 0 nitrogen and oxygen atoms in total. The van der Waals surface area contributed by atoms with Crippen LogP contribution >= 0.6 is 22.9 Å². The highest BCUT2D eigenvalue weighted by Crippen LogP contribution is 2.21. The lowest BCUT2D eigenvalue weighted by molar-refractivity contribution is 1.17. The first-order valence-corrected chi connectivity index (χ1v) is 4.71. The maximum Gasteiger partial charge on any atom is 0.0271 e. The molecule has 0 aliphatic rings. The molecule has 0 bridgehead atoms. The van der Waals surface area contributed by atoms with E-state index in [0.29, 0.717) is 0 Å². The zero-order valence-electron chi connectivity index (χ0n) is 6.28. The van der Waals surface area contributed by atoms with Crippen molar-refractivity contribution in [2.75, 3.05) is 5.88 Å². The van der Waals surface area contributed by atoms with Crippen LogP contribution in [0, 0.1) is 13.8 Å². The van der Waals surface area contributed by atoms with E-state index in [9.17, 15) is 0 Å². The van der Waals surface area contributed by atoms with Gasteiger partial charge in [0, 0.05) is 15.6 Å². The summed E-state index contributed by atoms with van der Waals surface area (Å²) in [6.07, 6.45) is 1.02. The maximum absolute atomic E-state index is 5.62. The molecule has 2 heteroatoms. The summed E-state index contributed by atoms with van der Waals surface area (Å²) in [5.74, 6) is 0.737. The van der Waals surface area contributed by atoms with Gasteiger partial charge in [0.05, 0.1) is 0 Å². The lowest BCUT2D eigenvalue weighted by Crippen LogP contribution is -1.81. The normalized spacial score (nSPS) is 10.3. The molecule has 1 heterocycles. The molecule has 1 aromatic heterocycles. The Morgan fingerprint density at radius 3 is 2.60 bits per heavy atom. The third-order valence-electron chi connectivity index (χ3n) is 1.47. The Morgan fingerprint density at radius 2 is 2.20 bits per heavy atom. The Bertz CT molecular complexity index is 215. The van der Waals surface area contributed by atoms with E-state index in [1.807, 2.05) is 11.3 Å². The summed E-state index contributed by atoms with van der Waals surface area (Å²) in [7, 11) is 0. The smallest absolute Gasteiger partial charge is 0.0271 e. The summed E-state index contributed by atoms with van der Waals surface area (Å²) in [4.78, 5) is 2.82. The summed E-state index contributed by atoms with van der Waals surface area (Å²) in [6, 6.07) is 2.21. The van der Waals surface area contributed by atoms with Gasteiger partial charge >= 0.3 is 0 Å². The molecule has 0 N–H and O–H groups in total. The van der Waals surface area contributed by atoms with Crippen LogP contribution in [-0.4, -0.2) is 5.88 Å². The molecule has 1 aromatic rings. The van der Waals surface area contributed by atoms with Crippen LogP contribution in [0.1, 0.15) is 15.3 Å². The second kappa shape index (κ2) is 3.40. The fraction of sp³-hybridized carbons (Fsp3) is 0.500. The van der Waals surface area contributed by atoms with Gasteiger partial charge in [-0.05, 0) is 31.9 Å². The maximum atomic E-state index is 5.62. The molecule has 0 radical (unpaired) electrons. The standard InChI is InChI=1S/C8H11ClS/c1-6-5-7(2)10-8(6)3-4-9/h5H,3-4H2,1-2H3. The van der Waals surface area contributed by atoms with Crippen LogP contribution < -0.4 is 0 Å². The first-order valence-electron chi connectivity index (χ1n) is 3.36. The van der Waals surface area contributed by atoms with Crippen molar-refractivity contribution in [3.63, 3.8) is 0 Å². The Morgan fingerprint density at radius 1 is 1.50 bits per heavy atom. The minimum atomic E-state index is 0.737. The van der Waals surface area contributed by atoms with Gasteiger partial charge in [0.25, 0.3) is 0 Å². The average Bonchev–Trinajstić information content (AvgIpc) is 2.13. The van der Waals surface area contributed by atoms with E-state index >= 15 is 0 Å². The summed E-state index contributed by atoms with van der Waals surface area (Å²) in [6.45, 7) is 4.28. The monoisotopic (exact) mass is 174 g/mol. The van der Waals surface area contributed by atoms with E-state index in [1.165, 1.54) is 15.3 Å². The highest BCUT2D eigenvalue weighted by atomic mass is 35.5. The van der Waals surface area contributed by atoms with Gasteiger partial charge in [-0.3, -0.25) is 0 Å². The molecule has 0 saturated carbocycles. The Kier molecular flexibility index (Phi) is 2.75. The minimum absolute atomic E-state index is 0.737. The van der Waals surface area contributed by atoms with Crippen molar-refractivity contribution in [2.24, 2.45) is 0 Å². The van der Waals surface area contributed by atoms with Crippen molar-refractivity contribution in [2.45, 2.75) is 20.3 Å². The molecule has 0 atom stereocenters. The number of alkyl halides is 1. The molecule has 0 amide bonds. The van der Waals surface area contributed by atoms with Crippen LogP contribution in [0.25, 0.3) is 0 Å². The molecule has 0 spiro atoms. The van der Waals surface area contributed by atoms with Gasteiger partial charge in [0.1, 0.15) is 0 Å². The van der Waals surface area contributed by atoms with E-state index in [1.54, 1.807) is 0 Å². The molecule has 0 fully saturated rings. The number of hydrogen-bond acceptors (Lipinski definition) is 1. The first kappa shape index (κ1) is 8.09. The van der Waals surface area contributed by atoms with Crippen molar-refractivity contribution >= 4 is 22.9 Å². The molecular weight excluding hydrogens is 164 g/mol. The summed E-state index contributed by atoms with van der Waals surface area (Å²) in [5.41, 5.74) is 1.39.